The molecule has 156 valence electrons. The predicted octanol–water partition coefficient (Wildman–Crippen LogP) is 5.08. The van der Waals surface area contributed by atoms with Gasteiger partial charge < -0.3 is 19.5 Å². The van der Waals surface area contributed by atoms with Crippen molar-refractivity contribution >= 4 is 6.09 Å². The van der Waals surface area contributed by atoms with Gasteiger partial charge in [0, 0.05) is 19.7 Å². The summed E-state index contributed by atoms with van der Waals surface area (Å²) in [6, 6.07) is 7.64. The maximum absolute atomic E-state index is 12.2. The highest BCUT2D eigenvalue weighted by Gasteiger charge is 2.28. The molecule has 0 bridgehead atoms. The molecular formula is C23H35NO4. The highest BCUT2D eigenvalue weighted by Crippen LogP contribution is 2.35. The molecule has 0 spiro atoms. The van der Waals surface area contributed by atoms with E-state index in [2.05, 4.69) is 0 Å². The SMILES string of the molecule is CC(C)(C)OC(=O)N1CCC(CO[C@H]2CC[C@H](c3ccc(O)cc3)CC2)CC1. The lowest BCUT2D eigenvalue weighted by Gasteiger charge is -2.34. The molecule has 2 fully saturated rings. The topological polar surface area (TPSA) is 59.0 Å². The lowest BCUT2D eigenvalue weighted by atomic mass is 9.82. The zero-order valence-electron chi connectivity index (χ0n) is 17.5. The quantitative estimate of drug-likeness (QED) is 0.780. The molecule has 0 unspecified atom stereocenters. The van der Waals surface area contributed by atoms with Gasteiger partial charge in [0.05, 0.1) is 6.10 Å². The molecule has 1 aliphatic carbocycles. The minimum atomic E-state index is -0.435. The van der Waals surface area contributed by atoms with Crippen LogP contribution in [0.4, 0.5) is 4.79 Å². The van der Waals surface area contributed by atoms with Gasteiger partial charge in [-0.25, -0.2) is 4.79 Å². The number of piperidine rings is 1. The van der Waals surface area contributed by atoms with Crippen LogP contribution in [0.1, 0.15) is 70.8 Å². The number of rotatable bonds is 4. The van der Waals surface area contributed by atoms with Crippen molar-refractivity contribution in [3.63, 3.8) is 0 Å². The molecule has 5 nitrogen and oxygen atoms in total. The number of phenols is 1. The summed E-state index contributed by atoms with van der Waals surface area (Å²) in [5, 5.41) is 9.44. The Morgan fingerprint density at radius 3 is 2.21 bits per heavy atom. The van der Waals surface area contributed by atoms with Crippen molar-refractivity contribution in [1.29, 1.82) is 0 Å². The first-order valence-electron chi connectivity index (χ1n) is 10.7. The molecule has 1 N–H and O–H groups in total. The van der Waals surface area contributed by atoms with Gasteiger partial charge in [-0.3, -0.25) is 0 Å². The van der Waals surface area contributed by atoms with Crippen LogP contribution < -0.4 is 0 Å². The van der Waals surface area contributed by atoms with E-state index in [4.69, 9.17) is 9.47 Å². The molecule has 1 saturated heterocycles. The number of benzene rings is 1. The third-order valence-corrected chi connectivity index (χ3v) is 5.87. The fourth-order valence-electron chi connectivity index (χ4n) is 4.19. The first-order valence-corrected chi connectivity index (χ1v) is 10.7. The number of nitrogens with zero attached hydrogens (tertiary/aromatic N) is 1. The molecule has 3 rings (SSSR count). The number of phenolic OH excluding ortho intramolecular Hbond substituents is 1. The van der Waals surface area contributed by atoms with Gasteiger partial charge in [0.15, 0.2) is 0 Å². The van der Waals surface area contributed by atoms with Crippen LogP contribution >= 0.6 is 0 Å². The summed E-state index contributed by atoms with van der Waals surface area (Å²) in [5.41, 5.74) is 0.890. The summed E-state index contributed by atoms with van der Waals surface area (Å²) in [6.45, 7) is 8.04. The Balaban J connectivity index is 1.34. The molecule has 28 heavy (non-hydrogen) atoms. The monoisotopic (exact) mass is 389 g/mol. The van der Waals surface area contributed by atoms with Gasteiger partial charge in [0.2, 0.25) is 0 Å². The van der Waals surface area contributed by atoms with Gasteiger partial charge in [-0.05, 0) is 88.8 Å². The second-order valence-corrected chi connectivity index (χ2v) is 9.31. The fourth-order valence-corrected chi connectivity index (χ4v) is 4.19. The lowest BCUT2D eigenvalue weighted by Crippen LogP contribution is -2.42. The van der Waals surface area contributed by atoms with E-state index < -0.39 is 5.60 Å². The Labute approximate surface area is 169 Å². The molecular weight excluding hydrogens is 354 g/mol. The van der Waals surface area contributed by atoms with Crippen LogP contribution in [0.5, 0.6) is 5.75 Å². The summed E-state index contributed by atoms with van der Waals surface area (Å²) in [4.78, 5) is 14.0. The zero-order chi connectivity index (χ0) is 20.1. The smallest absolute Gasteiger partial charge is 0.410 e. The van der Waals surface area contributed by atoms with Crippen LogP contribution in [0.3, 0.4) is 0 Å². The summed E-state index contributed by atoms with van der Waals surface area (Å²) < 4.78 is 11.7. The van der Waals surface area contributed by atoms with Crippen molar-refractivity contribution in [2.24, 2.45) is 5.92 Å². The highest BCUT2D eigenvalue weighted by atomic mass is 16.6. The normalized spacial score (nSPS) is 24.2. The van der Waals surface area contributed by atoms with Gasteiger partial charge in [-0.2, -0.15) is 0 Å². The van der Waals surface area contributed by atoms with Crippen LogP contribution in [0, 0.1) is 5.92 Å². The number of hydrogen-bond acceptors (Lipinski definition) is 4. The van der Waals surface area contributed by atoms with E-state index in [0.717, 1.165) is 58.2 Å². The lowest BCUT2D eigenvalue weighted by molar-refractivity contribution is -0.0143. The molecule has 2 aliphatic rings. The van der Waals surface area contributed by atoms with Crippen LogP contribution in [0.15, 0.2) is 24.3 Å². The van der Waals surface area contributed by atoms with Crippen molar-refractivity contribution < 1.29 is 19.4 Å². The fraction of sp³-hybridized carbons (Fsp3) is 0.696. The van der Waals surface area contributed by atoms with Crippen molar-refractivity contribution in [3.05, 3.63) is 29.8 Å². The zero-order valence-corrected chi connectivity index (χ0v) is 17.5. The first-order chi connectivity index (χ1) is 13.3. The summed E-state index contributed by atoms with van der Waals surface area (Å²) in [5.74, 6) is 1.45. The molecule has 1 amide bonds. The van der Waals surface area contributed by atoms with Crippen LogP contribution in [-0.4, -0.2) is 47.5 Å². The summed E-state index contributed by atoms with van der Waals surface area (Å²) in [7, 11) is 0. The number of likely N-dealkylation sites (tertiary alicyclic amines) is 1. The maximum atomic E-state index is 12.2. The van der Waals surface area contributed by atoms with Crippen molar-refractivity contribution in [3.8, 4) is 5.75 Å². The number of aromatic hydroxyl groups is 1. The Bertz CT molecular complexity index is 621. The Hall–Kier alpha value is -1.75. The number of ether oxygens (including phenoxy) is 2. The molecule has 0 aromatic heterocycles. The van der Waals surface area contributed by atoms with E-state index in [1.807, 2.05) is 37.8 Å². The van der Waals surface area contributed by atoms with E-state index in [0.29, 0.717) is 23.7 Å². The summed E-state index contributed by atoms with van der Waals surface area (Å²) >= 11 is 0. The Kier molecular flexibility index (Phi) is 6.86. The largest absolute Gasteiger partial charge is 0.508 e. The number of amides is 1. The molecule has 0 radical (unpaired) electrons. The van der Waals surface area contributed by atoms with Crippen molar-refractivity contribution in [2.75, 3.05) is 19.7 Å². The van der Waals surface area contributed by atoms with Gasteiger partial charge in [-0.1, -0.05) is 12.1 Å². The maximum Gasteiger partial charge on any atom is 0.410 e. The van der Waals surface area contributed by atoms with Gasteiger partial charge in [0.1, 0.15) is 11.4 Å². The van der Waals surface area contributed by atoms with Crippen molar-refractivity contribution in [1.82, 2.24) is 4.90 Å². The third-order valence-electron chi connectivity index (χ3n) is 5.87. The number of hydrogen-bond donors (Lipinski definition) is 1. The van der Waals surface area contributed by atoms with Gasteiger partial charge >= 0.3 is 6.09 Å². The minimum absolute atomic E-state index is 0.195. The highest BCUT2D eigenvalue weighted by molar-refractivity contribution is 5.68. The van der Waals surface area contributed by atoms with E-state index in [-0.39, 0.29) is 6.09 Å². The standard InChI is InChI=1S/C23H35NO4/c1-23(2,3)28-22(26)24-14-12-17(13-15-24)16-27-21-10-6-19(7-11-21)18-4-8-20(25)9-5-18/h4-5,8-9,17,19,21,25H,6-7,10-16H2,1-3H3/t19-,21-. The Morgan fingerprint density at radius 2 is 1.64 bits per heavy atom. The molecule has 0 atom stereocenters. The van der Waals surface area contributed by atoms with Crippen molar-refractivity contribution in [2.45, 2.75) is 76.9 Å². The number of carbonyl (C=O) groups excluding carboxylic acids is 1. The Morgan fingerprint density at radius 1 is 1.04 bits per heavy atom. The second kappa shape index (κ2) is 9.17. The minimum Gasteiger partial charge on any atom is -0.508 e. The van der Waals surface area contributed by atoms with Gasteiger partial charge in [0.25, 0.3) is 0 Å². The van der Waals surface area contributed by atoms with E-state index >= 15 is 0 Å². The molecule has 1 aromatic rings. The summed E-state index contributed by atoms with van der Waals surface area (Å²) in [6.07, 6.45) is 6.63. The molecule has 5 heteroatoms. The third kappa shape index (κ3) is 6.13. The van der Waals surface area contributed by atoms with E-state index in [1.54, 1.807) is 12.1 Å². The van der Waals surface area contributed by atoms with Crippen LogP contribution in [0.25, 0.3) is 0 Å². The molecule has 1 heterocycles. The molecule has 1 saturated carbocycles. The molecule has 1 aliphatic heterocycles. The van der Waals surface area contributed by atoms with E-state index in [9.17, 15) is 9.90 Å². The predicted molar refractivity (Wildman–Crippen MR) is 110 cm³/mol. The number of carbonyl (C=O) groups is 1. The second-order valence-electron chi connectivity index (χ2n) is 9.31. The van der Waals surface area contributed by atoms with Crippen LogP contribution in [-0.2, 0) is 9.47 Å². The van der Waals surface area contributed by atoms with E-state index in [1.165, 1.54) is 5.56 Å². The average molecular weight is 390 g/mol. The van der Waals surface area contributed by atoms with Gasteiger partial charge in [-0.15, -0.1) is 0 Å². The molecule has 1 aromatic carbocycles. The first kappa shape index (κ1) is 21.0. The van der Waals surface area contributed by atoms with Crippen LogP contribution in [0.2, 0.25) is 0 Å². The average Bonchev–Trinajstić information content (AvgIpc) is 2.66.